The Labute approximate surface area is 332 Å². The Kier molecular flexibility index (Phi) is 8.84. The van der Waals surface area contributed by atoms with Crippen LogP contribution in [0.15, 0.2) is 54.7 Å². The van der Waals surface area contributed by atoms with E-state index >= 15 is 4.39 Å². The fraction of sp³-hybridized carbons (Fsp3) is 0.405. The molecule has 0 aliphatic carbocycles. The van der Waals surface area contributed by atoms with Crippen molar-refractivity contribution < 1.29 is 23.1 Å². The molecule has 2 amide bonds. The van der Waals surface area contributed by atoms with Gasteiger partial charge in [0.1, 0.15) is 41.0 Å². The van der Waals surface area contributed by atoms with Crippen LogP contribution in [0.3, 0.4) is 0 Å². The summed E-state index contributed by atoms with van der Waals surface area (Å²) in [6.07, 6.45) is 3.71. The minimum atomic E-state index is -0.626. The van der Waals surface area contributed by atoms with Gasteiger partial charge in [-0.15, -0.1) is 0 Å². The number of pyridine rings is 1. The molecule has 298 valence electrons. The number of anilines is 2. The van der Waals surface area contributed by atoms with Gasteiger partial charge in [-0.1, -0.05) is 6.07 Å². The first-order valence-electron chi connectivity index (χ1n) is 19.9. The molecule has 0 radical (unpaired) electrons. The van der Waals surface area contributed by atoms with Gasteiger partial charge < -0.3 is 29.3 Å². The zero-order valence-electron chi connectivity index (χ0n) is 32.5. The Hall–Kier alpha value is -6.03. The van der Waals surface area contributed by atoms with Crippen LogP contribution in [0.5, 0.6) is 0 Å². The van der Waals surface area contributed by atoms with Crippen molar-refractivity contribution in [3.63, 3.8) is 0 Å². The summed E-state index contributed by atoms with van der Waals surface area (Å²) in [5, 5.41) is 9.05. The van der Waals surface area contributed by atoms with Crippen molar-refractivity contribution >= 4 is 45.5 Å². The first kappa shape index (κ1) is 36.3. The number of benzene rings is 2. The number of amides is 2. The molecule has 4 aromatic heterocycles. The molecular weight excluding hydrogens is 745 g/mol. The van der Waals surface area contributed by atoms with Gasteiger partial charge in [0.25, 0.3) is 0 Å². The first-order valence-corrected chi connectivity index (χ1v) is 19.9. The van der Waals surface area contributed by atoms with Gasteiger partial charge in [0.15, 0.2) is 5.65 Å². The number of nitrogens with zero attached hydrogens (tertiary/aromatic N) is 10. The standard InChI is InChI=1S/C42H43F2N11O3/c1-23-46-33-16-27(44)15-30-32-5-4-6-36(48-32)47-28-17-35(42(57)51(2)21-29(58-3)22-53(23)39(30)33)54(20-28)40-31-18-45-55-34-9-8-26(43)14-25(34)7-10-38(56)52-12-11-24(19-52)13-37(49-40)50-41(31)55/h4-6,8-9,14-16,18,24,28-29,35H,7,10-13,17,19-22H2,1-3H3,(H,47,48)/t24-,28+,29+,35+/m1/s1. The lowest BCUT2D eigenvalue weighted by atomic mass is 10.0. The second-order valence-electron chi connectivity index (χ2n) is 16.0. The molecule has 2 aromatic carbocycles. The van der Waals surface area contributed by atoms with E-state index in [0.717, 1.165) is 11.9 Å². The van der Waals surface area contributed by atoms with Gasteiger partial charge in [0, 0.05) is 70.8 Å². The molecule has 1 N–H and O–H groups in total. The smallest absolute Gasteiger partial charge is 0.245 e. The van der Waals surface area contributed by atoms with Crippen molar-refractivity contribution in [2.24, 2.45) is 5.92 Å². The van der Waals surface area contributed by atoms with Crippen LogP contribution in [0, 0.1) is 24.5 Å². The van der Waals surface area contributed by atoms with Gasteiger partial charge in [0.2, 0.25) is 11.8 Å². The molecule has 8 heterocycles. The second-order valence-corrected chi connectivity index (χ2v) is 16.0. The maximum atomic E-state index is 15.1. The van der Waals surface area contributed by atoms with Crippen LogP contribution in [0.25, 0.3) is 39.0 Å². The van der Waals surface area contributed by atoms with E-state index in [9.17, 15) is 14.0 Å². The largest absolute Gasteiger partial charge is 0.378 e. The Bertz CT molecular complexity index is 2630. The lowest BCUT2D eigenvalue weighted by Gasteiger charge is -2.31. The second kappa shape index (κ2) is 14.1. The van der Waals surface area contributed by atoms with E-state index < -0.39 is 23.8 Å². The predicted octanol–water partition coefficient (Wildman–Crippen LogP) is 4.70. The molecule has 4 aliphatic heterocycles. The van der Waals surface area contributed by atoms with Gasteiger partial charge >= 0.3 is 0 Å². The van der Waals surface area contributed by atoms with Crippen molar-refractivity contribution in [1.82, 2.24) is 44.1 Å². The summed E-state index contributed by atoms with van der Waals surface area (Å²) in [5.74, 6) is 1.75. The average molecular weight is 788 g/mol. The summed E-state index contributed by atoms with van der Waals surface area (Å²) in [5.41, 5.74) is 4.31. The number of fused-ring (bicyclic) bond motifs is 10. The molecular formula is C42H43F2N11O3. The molecule has 0 unspecified atom stereocenters. The fourth-order valence-electron chi connectivity index (χ4n) is 9.38. The first-order chi connectivity index (χ1) is 28.1. The van der Waals surface area contributed by atoms with Gasteiger partial charge in [-0.3, -0.25) is 9.59 Å². The zero-order chi connectivity index (χ0) is 39.8. The van der Waals surface area contributed by atoms with Crippen LogP contribution >= 0.6 is 0 Å². The third kappa shape index (κ3) is 6.30. The Morgan fingerprint density at radius 3 is 2.67 bits per heavy atom. The molecule has 8 bridgehead atoms. The average Bonchev–Trinajstić information content (AvgIpc) is 4.01. The Morgan fingerprint density at radius 2 is 1.81 bits per heavy atom. The Morgan fingerprint density at radius 1 is 0.931 bits per heavy atom. The predicted molar refractivity (Wildman–Crippen MR) is 213 cm³/mol. The highest BCUT2D eigenvalue weighted by Crippen LogP contribution is 2.36. The van der Waals surface area contributed by atoms with Crippen molar-refractivity contribution in [3.05, 3.63) is 83.6 Å². The van der Waals surface area contributed by atoms with E-state index in [1.165, 1.54) is 24.3 Å². The summed E-state index contributed by atoms with van der Waals surface area (Å²) in [6.45, 7) is 4.19. The maximum absolute atomic E-state index is 15.1. The number of rotatable bonds is 2. The maximum Gasteiger partial charge on any atom is 0.245 e. The highest BCUT2D eigenvalue weighted by Gasteiger charge is 2.41. The summed E-state index contributed by atoms with van der Waals surface area (Å²) in [4.78, 5) is 53.7. The summed E-state index contributed by atoms with van der Waals surface area (Å²) < 4.78 is 39.6. The molecule has 58 heavy (non-hydrogen) atoms. The zero-order valence-corrected chi connectivity index (χ0v) is 32.5. The monoisotopic (exact) mass is 787 g/mol. The van der Waals surface area contributed by atoms with Crippen LogP contribution in [0.1, 0.15) is 36.5 Å². The van der Waals surface area contributed by atoms with Crippen LogP contribution in [0.4, 0.5) is 20.4 Å². The number of carbonyl (C=O) groups is 2. The van der Waals surface area contributed by atoms with Gasteiger partial charge in [0.05, 0.1) is 46.6 Å². The van der Waals surface area contributed by atoms with Crippen LogP contribution < -0.4 is 10.2 Å². The van der Waals surface area contributed by atoms with Gasteiger partial charge in [-0.05, 0) is 74.1 Å². The number of halogens is 2. The van der Waals surface area contributed by atoms with E-state index in [-0.39, 0.29) is 36.7 Å². The van der Waals surface area contributed by atoms with E-state index in [1.54, 1.807) is 36.0 Å². The number of likely N-dealkylation sites (N-methyl/N-ethyl adjacent to an activating group) is 1. The summed E-state index contributed by atoms with van der Waals surface area (Å²) in [6, 6.07) is 12.2. The number of hydrogen-bond acceptors (Lipinski definition) is 10. The minimum absolute atomic E-state index is 0.0449. The highest BCUT2D eigenvalue weighted by molar-refractivity contribution is 5.94. The van der Waals surface area contributed by atoms with Crippen LogP contribution in [0.2, 0.25) is 0 Å². The minimum Gasteiger partial charge on any atom is -0.378 e. The van der Waals surface area contributed by atoms with Crippen molar-refractivity contribution in [3.8, 4) is 16.9 Å². The quantitative estimate of drug-likeness (QED) is 0.263. The number of methoxy groups -OCH3 is 1. The number of ether oxygens (including phenoxy) is 1. The number of hydrogen-bond donors (Lipinski definition) is 1. The highest BCUT2D eigenvalue weighted by atomic mass is 19.1. The molecule has 14 nitrogen and oxygen atoms in total. The van der Waals surface area contributed by atoms with Crippen molar-refractivity contribution in [2.45, 2.75) is 63.8 Å². The number of aromatic nitrogens is 7. The van der Waals surface area contributed by atoms with E-state index in [4.69, 9.17) is 29.8 Å². The lowest BCUT2D eigenvalue weighted by molar-refractivity contribution is -0.133. The van der Waals surface area contributed by atoms with E-state index in [1.807, 2.05) is 34.6 Å². The summed E-state index contributed by atoms with van der Waals surface area (Å²) in [7, 11) is 3.42. The van der Waals surface area contributed by atoms with Gasteiger partial charge in [-0.2, -0.15) is 5.10 Å². The third-order valence-corrected chi connectivity index (χ3v) is 12.2. The molecule has 6 aromatic rings. The molecule has 2 fully saturated rings. The van der Waals surface area contributed by atoms with Crippen LogP contribution in [-0.2, 0) is 33.7 Å². The van der Waals surface area contributed by atoms with Gasteiger partial charge in [-0.25, -0.2) is 33.4 Å². The lowest BCUT2D eigenvalue weighted by Crippen LogP contribution is -2.47. The normalized spacial score (nSPS) is 22.4. The SMILES string of the molecule is CO[C@H]1CN(C)C(=O)[C@@H]2C[C@@H](CN2c2nc3nc4c2cnn4-c2ccc(F)cc2CCC(=O)N2CC[C@H](C3)C2)Nc2cccc(n2)-c2cc(F)cc3nc(C)n(c23)C1. The number of carbonyl (C=O) groups excluding carboxylic acids is 2. The summed E-state index contributed by atoms with van der Waals surface area (Å²) >= 11 is 0. The molecule has 4 atom stereocenters. The van der Waals surface area contributed by atoms with Crippen molar-refractivity contribution in [2.75, 3.05) is 50.6 Å². The topological polar surface area (TPSA) is 139 Å². The molecule has 0 spiro atoms. The van der Waals surface area contributed by atoms with E-state index in [0.29, 0.717) is 108 Å². The van der Waals surface area contributed by atoms with Crippen LogP contribution in [-0.4, -0.2) is 114 Å². The molecule has 0 saturated carbocycles. The molecule has 10 rings (SSSR count). The van der Waals surface area contributed by atoms with Crippen molar-refractivity contribution in [1.29, 1.82) is 0 Å². The van der Waals surface area contributed by atoms with E-state index in [2.05, 4.69) is 10.2 Å². The molecule has 16 heteroatoms. The number of imidazole rings is 1. The fourth-order valence-corrected chi connectivity index (χ4v) is 9.38. The Balaban J connectivity index is 1.10. The molecule has 2 saturated heterocycles. The number of aryl methyl sites for hydroxylation is 2. The third-order valence-electron chi connectivity index (χ3n) is 12.2. The number of nitrogens with one attached hydrogen (secondary N) is 1. The molecule has 4 aliphatic rings.